The third-order valence-electron chi connectivity index (χ3n) is 9.14. The standard InChI is InChI=1S/C42H58O9/c1-4-7-10-13-16-19-22-32(44)37-33(45)29-34-38(41(37)50-35(46)23-20-17-14-11-8-5-2)39(48)42(40(49-34)30-25-27-31(43)28-26-30)51-36(47)24-21-18-15-12-9-6-3/h25-29,43,45H,4-24H2,1-3H3. The van der Waals surface area contributed by atoms with Crippen LogP contribution < -0.4 is 14.9 Å². The Morgan fingerprint density at radius 1 is 0.608 bits per heavy atom. The number of benzene rings is 2. The first-order valence-corrected chi connectivity index (χ1v) is 19.3. The van der Waals surface area contributed by atoms with Crippen LogP contribution in [-0.2, 0) is 9.59 Å². The van der Waals surface area contributed by atoms with E-state index in [2.05, 4.69) is 20.8 Å². The van der Waals surface area contributed by atoms with E-state index in [1.54, 1.807) is 0 Å². The number of ether oxygens (including phenoxy) is 2. The molecule has 0 bridgehead atoms. The summed E-state index contributed by atoms with van der Waals surface area (Å²) < 4.78 is 17.7. The molecule has 280 valence electrons. The number of hydrogen-bond acceptors (Lipinski definition) is 9. The average molecular weight is 707 g/mol. The van der Waals surface area contributed by atoms with Crippen LogP contribution in [0.1, 0.15) is 166 Å². The lowest BCUT2D eigenvalue weighted by Gasteiger charge is -2.16. The van der Waals surface area contributed by atoms with Gasteiger partial charge in [0.15, 0.2) is 17.3 Å². The van der Waals surface area contributed by atoms with Gasteiger partial charge in [-0.1, -0.05) is 117 Å². The predicted molar refractivity (Wildman–Crippen MR) is 201 cm³/mol. The summed E-state index contributed by atoms with van der Waals surface area (Å²) in [5, 5.41) is 20.9. The summed E-state index contributed by atoms with van der Waals surface area (Å²) in [5.41, 5.74) is -0.888. The van der Waals surface area contributed by atoms with Crippen molar-refractivity contribution in [2.24, 2.45) is 0 Å². The molecule has 9 heteroatoms. The van der Waals surface area contributed by atoms with Crippen LogP contribution in [0.2, 0.25) is 0 Å². The van der Waals surface area contributed by atoms with Gasteiger partial charge in [-0.25, -0.2) is 0 Å². The first-order valence-electron chi connectivity index (χ1n) is 19.3. The fourth-order valence-electron chi connectivity index (χ4n) is 6.18. The normalized spacial score (nSPS) is 11.2. The van der Waals surface area contributed by atoms with Crippen molar-refractivity contribution in [1.82, 2.24) is 0 Å². The maximum absolute atomic E-state index is 14.4. The lowest BCUT2D eigenvalue weighted by atomic mass is 9.99. The van der Waals surface area contributed by atoms with E-state index in [9.17, 15) is 29.4 Å². The van der Waals surface area contributed by atoms with Crippen molar-refractivity contribution in [1.29, 1.82) is 0 Å². The molecule has 1 aromatic heterocycles. The second kappa shape index (κ2) is 22.6. The number of carbonyl (C=O) groups excluding carboxylic acids is 3. The second-order valence-corrected chi connectivity index (χ2v) is 13.5. The van der Waals surface area contributed by atoms with Gasteiger partial charge >= 0.3 is 11.9 Å². The second-order valence-electron chi connectivity index (χ2n) is 13.5. The predicted octanol–water partition coefficient (Wildman–Crippen LogP) is 11.1. The van der Waals surface area contributed by atoms with Gasteiger partial charge < -0.3 is 24.1 Å². The third kappa shape index (κ3) is 13.2. The van der Waals surface area contributed by atoms with E-state index in [-0.39, 0.29) is 53.1 Å². The monoisotopic (exact) mass is 706 g/mol. The van der Waals surface area contributed by atoms with Crippen molar-refractivity contribution in [2.75, 3.05) is 0 Å². The van der Waals surface area contributed by atoms with Crippen LogP contribution in [0, 0.1) is 0 Å². The van der Waals surface area contributed by atoms with E-state index in [4.69, 9.17) is 13.9 Å². The zero-order chi connectivity index (χ0) is 37.0. The van der Waals surface area contributed by atoms with Gasteiger partial charge in [0.05, 0.1) is 0 Å². The summed E-state index contributed by atoms with van der Waals surface area (Å²) in [6.07, 6.45) is 17.3. The molecule has 51 heavy (non-hydrogen) atoms. The number of esters is 2. The van der Waals surface area contributed by atoms with Gasteiger partial charge in [-0.2, -0.15) is 0 Å². The van der Waals surface area contributed by atoms with Crippen molar-refractivity contribution in [3.63, 3.8) is 0 Å². The van der Waals surface area contributed by atoms with Crippen molar-refractivity contribution >= 4 is 28.7 Å². The molecule has 0 fully saturated rings. The molecule has 0 radical (unpaired) electrons. The van der Waals surface area contributed by atoms with Crippen LogP contribution >= 0.6 is 0 Å². The first-order chi connectivity index (χ1) is 24.7. The highest BCUT2D eigenvalue weighted by atomic mass is 16.5. The number of aromatic hydroxyl groups is 2. The Morgan fingerprint density at radius 3 is 1.57 bits per heavy atom. The number of rotatable bonds is 25. The molecule has 0 spiro atoms. The Hall–Kier alpha value is -4.14. The number of hydrogen-bond donors (Lipinski definition) is 2. The molecule has 0 aliphatic rings. The van der Waals surface area contributed by atoms with Crippen LogP contribution in [0.5, 0.6) is 23.0 Å². The molecule has 0 amide bonds. The highest BCUT2D eigenvalue weighted by molar-refractivity contribution is 6.08. The molecule has 1 heterocycles. The largest absolute Gasteiger partial charge is 0.508 e. The van der Waals surface area contributed by atoms with Crippen LogP contribution in [0.4, 0.5) is 0 Å². The Bertz CT molecular complexity index is 1600. The summed E-state index contributed by atoms with van der Waals surface area (Å²) in [5.74, 6) is -3.13. The summed E-state index contributed by atoms with van der Waals surface area (Å²) in [6, 6.07) is 6.98. The zero-order valence-corrected chi connectivity index (χ0v) is 31.0. The fraction of sp³-hybridized carbons (Fsp3) is 0.571. The number of phenolic OH excluding ortho intramolecular Hbond substituents is 2. The lowest BCUT2D eigenvalue weighted by Crippen LogP contribution is -2.19. The maximum atomic E-state index is 14.4. The molecule has 3 rings (SSSR count). The van der Waals surface area contributed by atoms with Crippen LogP contribution in [-0.4, -0.2) is 27.9 Å². The molecule has 3 aromatic rings. The molecule has 0 unspecified atom stereocenters. The van der Waals surface area contributed by atoms with E-state index in [0.29, 0.717) is 24.8 Å². The molecule has 9 nitrogen and oxygen atoms in total. The highest BCUT2D eigenvalue weighted by Gasteiger charge is 2.29. The number of ketones is 1. The first kappa shape index (κ1) is 41.3. The number of unbranched alkanes of at least 4 members (excludes halogenated alkanes) is 15. The quantitative estimate of drug-likeness (QED) is 0.0381. The van der Waals surface area contributed by atoms with Gasteiger partial charge in [-0.15, -0.1) is 0 Å². The Labute approximate surface area is 302 Å². The summed E-state index contributed by atoms with van der Waals surface area (Å²) >= 11 is 0. The summed E-state index contributed by atoms with van der Waals surface area (Å²) in [7, 11) is 0. The molecular weight excluding hydrogens is 648 g/mol. The Balaban J connectivity index is 2.06. The number of fused-ring (bicyclic) bond motifs is 1. The van der Waals surface area contributed by atoms with E-state index in [1.165, 1.54) is 30.3 Å². The highest BCUT2D eigenvalue weighted by Crippen LogP contribution is 2.41. The van der Waals surface area contributed by atoms with Crippen LogP contribution in [0.3, 0.4) is 0 Å². The maximum Gasteiger partial charge on any atom is 0.311 e. The SMILES string of the molecule is CCCCCCCCC(=O)Oc1c(-c2ccc(O)cc2)oc2cc(O)c(C(=O)CCCCCCCC)c(OC(=O)CCCCCCCC)c2c1=O. The topological polar surface area (TPSA) is 140 Å². The number of carbonyl (C=O) groups is 3. The molecule has 2 aromatic carbocycles. The molecule has 2 N–H and O–H groups in total. The molecule has 0 aliphatic carbocycles. The van der Waals surface area contributed by atoms with Crippen molar-refractivity contribution in [3.8, 4) is 34.3 Å². The van der Waals surface area contributed by atoms with E-state index < -0.39 is 34.6 Å². The number of Topliss-reactive ketones (excluding diaryl/α,β-unsaturated/α-hetero) is 1. The number of phenols is 2. The third-order valence-corrected chi connectivity index (χ3v) is 9.14. The van der Waals surface area contributed by atoms with Crippen molar-refractivity contribution in [3.05, 3.63) is 46.1 Å². The minimum atomic E-state index is -0.813. The smallest absolute Gasteiger partial charge is 0.311 e. The van der Waals surface area contributed by atoms with Gasteiger partial charge in [0, 0.05) is 30.9 Å². The summed E-state index contributed by atoms with van der Waals surface area (Å²) in [6.45, 7) is 6.40. The Morgan fingerprint density at radius 2 is 1.06 bits per heavy atom. The molecular formula is C42H58O9. The van der Waals surface area contributed by atoms with Gasteiger partial charge in [-0.05, 0) is 43.5 Å². The van der Waals surface area contributed by atoms with Crippen molar-refractivity contribution in [2.45, 2.75) is 156 Å². The molecule has 0 saturated carbocycles. The molecule has 0 saturated heterocycles. The zero-order valence-electron chi connectivity index (χ0n) is 31.0. The summed E-state index contributed by atoms with van der Waals surface area (Å²) in [4.78, 5) is 54.5. The van der Waals surface area contributed by atoms with Gasteiger partial charge in [-0.3, -0.25) is 19.2 Å². The van der Waals surface area contributed by atoms with Gasteiger partial charge in [0.25, 0.3) is 0 Å². The van der Waals surface area contributed by atoms with E-state index in [0.717, 1.165) is 96.3 Å². The molecule has 0 aliphatic heterocycles. The minimum absolute atomic E-state index is 0.0192. The van der Waals surface area contributed by atoms with E-state index in [1.807, 2.05) is 0 Å². The lowest BCUT2D eigenvalue weighted by molar-refractivity contribution is -0.135. The molecule has 0 atom stereocenters. The van der Waals surface area contributed by atoms with Crippen molar-refractivity contribution < 1.29 is 38.5 Å². The Kier molecular flexibility index (Phi) is 18.3. The van der Waals surface area contributed by atoms with Gasteiger partial charge in [0.1, 0.15) is 28.0 Å². The minimum Gasteiger partial charge on any atom is -0.508 e. The fourth-order valence-corrected chi connectivity index (χ4v) is 6.18. The van der Waals surface area contributed by atoms with Gasteiger partial charge in [0.2, 0.25) is 11.2 Å². The average Bonchev–Trinajstić information content (AvgIpc) is 3.10. The van der Waals surface area contributed by atoms with Crippen LogP contribution in [0.15, 0.2) is 39.5 Å². The van der Waals surface area contributed by atoms with E-state index >= 15 is 0 Å². The van der Waals surface area contributed by atoms with Crippen LogP contribution in [0.25, 0.3) is 22.3 Å².